The minimum Gasteiger partial charge on any atom is -0.379 e. The van der Waals surface area contributed by atoms with Crippen LogP contribution < -0.4 is 16.2 Å². The molecular weight excluding hydrogens is 320 g/mol. The fourth-order valence-electron chi connectivity index (χ4n) is 2.81. The summed E-state index contributed by atoms with van der Waals surface area (Å²) in [5, 5.41) is 10.9. The van der Waals surface area contributed by atoms with E-state index in [0.717, 1.165) is 30.7 Å². The van der Waals surface area contributed by atoms with Gasteiger partial charge in [-0.15, -0.1) is 0 Å². The van der Waals surface area contributed by atoms with Gasteiger partial charge in [0.2, 0.25) is 0 Å². The number of nitrogens with one attached hydrogen (secondary N) is 2. The first-order chi connectivity index (χ1) is 9.74. The monoisotopic (exact) mass is 340 g/mol. The molecule has 1 saturated heterocycles. The molecule has 0 bridgehead atoms. The molecule has 0 amide bonds. The van der Waals surface area contributed by atoms with Crippen LogP contribution >= 0.6 is 15.9 Å². The summed E-state index contributed by atoms with van der Waals surface area (Å²) in [6.45, 7) is 3.71. The summed E-state index contributed by atoms with van der Waals surface area (Å²) < 4.78 is 2.38. The molecule has 1 saturated carbocycles. The van der Waals surface area contributed by atoms with Gasteiger partial charge < -0.3 is 10.6 Å². The minimum atomic E-state index is -0.00256. The van der Waals surface area contributed by atoms with Gasteiger partial charge in [-0.3, -0.25) is 4.79 Å². The molecular formula is C14H21BrN4O. The van der Waals surface area contributed by atoms with Crippen molar-refractivity contribution in [2.75, 3.05) is 25.0 Å². The third kappa shape index (κ3) is 3.06. The minimum absolute atomic E-state index is 0.00256. The van der Waals surface area contributed by atoms with Gasteiger partial charge in [-0.25, -0.2) is 4.68 Å². The Morgan fingerprint density at radius 2 is 2.25 bits per heavy atom. The second-order valence-electron chi connectivity index (χ2n) is 5.89. The standard InChI is InChI=1S/C14H21BrN4O/c15-12-8-18-19(9-10-2-1-3-10)14(20)13(12)17-7-11-4-5-16-6-11/h8,10-11,16-17H,1-7,9H2. The Hall–Kier alpha value is -0.880. The van der Waals surface area contributed by atoms with Crippen LogP contribution in [0.15, 0.2) is 15.5 Å². The first-order valence-electron chi connectivity index (χ1n) is 7.44. The maximum Gasteiger partial charge on any atom is 0.291 e. The molecule has 2 aliphatic rings. The fraction of sp³-hybridized carbons (Fsp3) is 0.714. The van der Waals surface area contributed by atoms with E-state index in [1.54, 1.807) is 10.9 Å². The lowest BCUT2D eigenvalue weighted by molar-refractivity contribution is 0.262. The van der Waals surface area contributed by atoms with Crippen molar-refractivity contribution >= 4 is 21.6 Å². The third-order valence-corrected chi connectivity index (χ3v) is 4.98. The molecule has 20 heavy (non-hydrogen) atoms. The van der Waals surface area contributed by atoms with Crippen LogP contribution in [0, 0.1) is 11.8 Å². The summed E-state index contributed by atoms with van der Waals surface area (Å²) >= 11 is 3.43. The van der Waals surface area contributed by atoms with Crippen molar-refractivity contribution in [2.24, 2.45) is 11.8 Å². The third-order valence-electron chi connectivity index (χ3n) is 4.38. The summed E-state index contributed by atoms with van der Waals surface area (Å²) in [6, 6.07) is 0. The molecule has 0 radical (unpaired) electrons. The van der Waals surface area contributed by atoms with Crippen LogP contribution in [-0.2, 0) is 6.54 Å². The number of halogens is 1. The molecule has 1 atom stereocenters. The van der Waals surface area contributed by atoms with Crippen LogP contribution in [0.3, 0.4) is 0 Å². The van der Waals surface area contributed by atoms with Gasteiger partial charge in [-0.2, -0.15) is 5.10 Å². The van der Waals surface area contributed by atoms with E-state index in [9.17, 15) is 4.79 Å². The molecule has 1 aromatic rings. The van der Waals surface area contributed by atoms with Crippen LogP contribution in [0.1, 0.15) is 25.7 Å². The number of anilines is 1. The van der Waals surface area contributed by atoms with Gasteiger partial charge in [0.1, 0.15) is 5.69 Å². The van der Waals surface area contributed by atoms with Crippen molar-refractivity contribution in [3.63, 3.8) is 0 Å². The molecule has 1 aliphatic heterocycles. The Morgan fingerprint density at radius 3 is 2.90 bits per heavy atom. The SMILES string of the molecule is O=c1c(NCC2CCNC2)c(Br)cnn1CC1CCC1. The Kier molecular flexibility index (Phi) is 4.41. The van der Waals surface area contributed by atoms with E-state index in [2.05, 4.69) is 31.7 Å². The summed E-state index contributed by atoms with van der Waals surface area (Å²) in [4.78, 5) is 12.5. The highest BCUT2D eigenvalue weighted by atomic mass is 79.9. The molecule has 1 aromatic heterocycles. The van der Waals surface area contributed by atoms with Crippen LogP contribution in [0.4, 0.5) is 5.69 Å². The number of aromatic nitrogens is 2. The van der Waals surface area contributed by atoms with Gasteiger partial charge in [0.15, 0.2) is 0 Å². The van der Waals surface area contributed by atoms with Crippen molar-refractivity contribution in [2.45, 2.75) is 32.2 Å². The first-order valence-corrected chi connectivity index (χ1v) is 8.23. The van der Waals surface area contributed by atoms with Crippen LogP contribution in [0.2, 0.25) is 0 Å². The van der Waals surface area contributed by atoms with Gasteiger partial charge in [-0.05, 0) is 60.1 Å². The molecule has 6 heteroatoms. The molecule has 0 spiro atoms. The Balaban J connectivity index is 1.70. The van der Waals surface area contributed by atoms with Gasteiger partial charge >= 0.3 is 0 Å². The molecule has 0 aromatic carbocycles. The topological polar surface area (TPSA) is 59.0 Å². The summed E-state index contributed by atoms with van der Waals surface area (Å²) in [7, 11) is 0. The quantitative estimate of drug-likeness (QED) is 0.858. The molecule has 5 nitrogen and oxygen atoms in total. The van der Waals surface area contributed by atoms with Gasteiger partial charge in [0, 0.05) is 13.1 Å². The normalized spacial score (nSPS) is 22.8. The predicted octanol–water partition coefficient (Wildman–Crippen LogP) is 1.83. The van der Waals surface area contributed by atoms with Crippen LogP contribution in [0.5, 0.6) is 0 Å². The summed E-state index contributed by atoms with van der Waals surface area (Å²) in [6.07, 6.45) is 6.64. The Labute approximate surface area is 127 Å². The van der Waals surface area contributed by atoms with Crippen molar-refractivity contribution in [3.05, 3.63) is 21.0 Å². The van der Waals surface area contributed by atoms with E-state index >= 15 is 0 Å². The molecule has 2 fully saturated rings. The van der Waals surface area contributed by atoms with E-state index in [0.29, 0.717) is 17.5 Å². The molecule has 110 valence electrons. The zero-order valence-corrected chi connectivity index (χ0v) is 13.2. The van der Waals surface area contributed by atoms with Crippen molar-refractivity contribution in [1.82, 2.24) is 15.1 Å². The fourth-order valence-corrected chi connectivity index (χ4v) is 3.22. The average Bonchev–Trinajstić information content (AvgIpc) is 2.89. The zero-order chi connectivity index (χ0) is 13.9. The van der Waals surface area contributed by atoms with Gasteiger partial charge in [0.05, 0.1) is 10.7 Å². The van der Waals surface area contributed by atoms with E-state index in [-0.39, 0.29) is 5.56 Å². The second kappa shape index (κ2) is 6.26. The van der Waals surface area contributed by atoms with E-state index in [4.69, 9.17) is 0 Å². The highest BCUT2D eigenvalue weighted by Crippen LogP contribution is 2.27. The second-order valence-corrected chi connectivity index (χ2v) is 6.75. The molecule has 1 unspecified atom stereocenters. The molecule has 2 N–H and O–H groups in total. The maximum atomic E-state index is 12.5. The number of hydrogen-bond acceptors (Lipinski definition) is 4. The van der Waals surface area contributed by atoms with Crippen molar-refractivity contribution in [1.29, 1.82) is 0 Å². The summed E-state index contributed by atoms with van der Waals surface area (Å²) in [5.74, 6) is 1.24. The number of hydrogen-bond donors (Lipinski definition) is 2. The molecule has 3 rings (SSSR count). The van der Waals surface area contributed by atoms with Gasteiger partial charge in [0.25, 0.3) is 5.56 Å². The summed E-state index contributed by atoms with van der Waals surface area (Å²) in [5.41, 5.74) is 0.656. The lowest BCUT2D eigenvalue weighted by Crippen LogP contribution is -2.31. The Bertz CT molecular complexity index is 520. The van der Waals surface area contributed by atoms with Crippen molar-refractivity contribution < 1.29 is 0 Å². The van der Waals surface area contributed by atoms with E-state index in [1.807, 2.05) is 0 Å². The zero-order valence-electron chi connectivity index (χ0n) is 11.6. The van der Waals surface area contributed by atoms with Crippen LogP contribution in [-0.4, -0.2) is 29.4 Å². The van der Waals surface area contributed by atoms with Crippen molar-refractivity contribution in [3.8, 4) is 0 Å². The van der Waals surface area contributed by atoms with E-state index in [1.165, 1.54) is 25.7 Å². The van der Waals surface area contributed by atoms with E-state index < -0.39 is 0 Å². The van der Waals surface area contributed by atoms with Gasteiger partial charge in [-0.1, -0.05) is 6.42 Å². The Morgan fingerprint density at radius 1 is 1.40 bits per heavy atom. The first kappa shape index (κ1) is 14.1. The highest BCUT2D eigenvalue weighted by molar-refractivity contribution is 9.10. The number of rotatable bonds is 5. The maximum absolute atomic E-state index is 12.5. The predicted molar refractivity (Wildman–Crippen MR) is 83.0 cm³/mol. The molecule has 1 aliphatic carbocycles. The largest absolute Gasteiger partial charge is 0.379 e. The lowest BCUT2D eigenvalue weighted by atomic mass is 9.85. The lowest BCUT2D eigenvalue weighted by Gasteiger charge is -2.25. The van der Waals surface area contributed by atoms with Crippen LogP contribution in [0.25, 0.3) is 0 Å². The molecule has 2 heterocycles. The number of nitrogens with zero attached hydrogens (tertiary/aromatic N) is 2. The highest BCUT2D eigenvalue weighted by Gasteiger charge is 2.21. The average molecular weight is 341 g/mol. The smallest absolute Gasteiger partial charge is 0.291 e.